The number of benzene rings is 1. The summed E-state index contributed by atoms with van der Waals surface area (Å²) in [5, 5.41) is 7.18. The molecule has 0 unspecified atom stereocenters. The molecular formula is C16H21N3O3. The lowest BCUT2D eigenvalue weighted by Gasteiger charge is -2.13. The summed E-state index contributed by atoms with van der Waals surface area (Å²) in [6, 6.07) is 7.19. The molecule has 6 heteroatoms. The molecule has 0 aliphatic heterocycles. The molecule has 1 amide bonds. The molecular weight excluding hydrogens is 282 g/mol. The molecule has 0 aliphatic rings. The van der Waals surface area contributed by atoms with Crippen LogP contribution >= 0.6 is 0 Å². The molecule has 0 radical (unpaired) electrons. The molecule has 0 bridgehead atoms. The minimum absolute atomic E-state index is 0.00570. The van der Waals surface area contributed by atoms with E-state index in [4.69, 9.17) is 9.47 Å². The highest BCUT2D eigenvalue weighted by Crippen LogP contribution is 2.29. The van der Waals surface area contributed by atoms with Crippen molar-refractivity contribution >= 4 is 11.6 Å². The molecule has 2 aromatic rings. The van der Waals surface area contributed by atoms with Gasteiger partial charge in [0.2, 0.25) is 5.91 Å². The number of rotatable bonds is 6. The van der Waals surface area contributed by atoms with Crippen molar-refractivity contribution in [2.75, 3.05) is 19.5 Å². The number of nitrogens with one attached hydrogen (secondary N) is 1. The molecule has 118 valence electrons. The normalized spacial score (nSPS) is 11.8. The van der Waals surface area contributed by atoms with E-state index in [9.17, 15) is 4.79 Å². The Hall–Kier alpha value is -2.50. The van der Waals surface area contributed by atoms with E-state index in [1.807, 2.05) is 26.1 Å². The molecule has 1 N–H and O–H groups in total. The first-order valence-corrected chi connectivity index (χ1v) is 7.07. The van der Waals surface area contributed by atoms with Crippen LogP contribution in [-0.2, 0) is 4.79 Å². The van der Waals surface area contributed by atoms with Crippen LogP contribution in [0.1, 0.15) is 25.1 Å². The number of hydrogen-bond acceptors (Lipinski definition) is 4. The number of anilines is 1. The van der Waals surface area contributed by atoms with Gasteiger partial charge in [-0.05, 0) is 32.0 Å². The summed E-state index contributed by atoms with van der Waals surface area (Å²) in [7, 11) is 3.13. The van der Waals surface area contributed by atoms with Gasteiger partial charge in [0.05, 0.1) is 26.0 Å². The summed E-state index contributed by atoms with van der Waals surface area (Å²) < 4.78 is 12.2. The van der Waals surface area contributed by atoms with Crippen molar-refractivity contribution in [2.24, 2.45) is 0 Å². The Morgan fingerprint density at radius 1 is 1.27 bits per heavy atom. The van der Waals surface area contributed by atoms with Gasteiger partial charge in [-0.3, -0.25) is 9.48 Å². The van der Waals surface area contributed by atoms with Gasteiger partial charge in [0.1, 0.15) is 0 Å². The Morgan fingerprint density at radius 3 is 2.59 bits per heavy atom. The fourth-order valence-corrected chi connectivity index (χ4v) is 2.17. The first kappa shape index (κ1) is 15.9. The molecule has 0 saturated carbocycles. The summed E-state index contributed by atoms with van der Waals surface area (Å²) in [5.41, 5.74) is 1.61. The molecule has 0 fully saturated rings. The third-order valence-corrected chi connectivity index (χ3v) is 3.34. The van der Waals surface area contributed by atoms with Crippen LogP contribution in [-0.4, -0.2) is 29.9 Å². The number of amides is 1. The van der Waals surface area contributed by atoms with Gasteiger partial charge in [-0.15, -0.1) is 0 Å². The second-order valence-corrected chi connectivity index (χ2v) is 5.11. The Labute approximate surface area is 130 Å². The fraction of sp³-hybridized carbons (Fsp3) is 0.375. The third-order valence-electron chi connectivity index (χ3n) is 3.34. The zero-order chi connectivity index (χ0) is 16.1. The molecule has 6 nitrogen and oxygen atoms in total. The second-order valence-electron chi connectivity index (χ2n) is 5.11. The van der Waals surface area contributed by atoms with E-state index < -0.39 is 0 Å². The van der Waals surface area contributed by atoms with E-state index in [2.05, 4.69) is 10.4 Å². The van der Waals surface area contributed by atoms with Gasteiger partial charge < -0.3 is 14.8 Å². The van der Waals surface area contributed by atoms with Crippen molar-refractivity contribution in [1.29, 1.82) is 0 Å². The number of aryl methyl sites for hydroxylation is 1. The van der Waals surface area contributed by atoms with E-state index in [1.165, 1.54) is 0 Å². The van der Waals surface area contributed by atoms with E-state index in [0.717, 1.165) is 5.69 Å². The molecule has 1 atom stereocenters. The monoisotopic (exact) mass is 303 g/mol. The summed E-state index contributed by atoms with van der Waals surface area (Å²) in [5.74, 6) is 1.13. The van der Waals surface area contributed by atoms with Crippen LogP contribution in [0.4, 0.5) is 5.69 Å². The van der Waals surface area contributed by atoms with E-state index in [0.29, 0.717) is 23.6 Å². The van der Waals surface area contributed by atoms with Gasteiger partial charge in [-0.1, -0.05) is 0 Å². The highest BCUT2D eigenvalue weighted by atomic mass is 16.5. The predicted molar refractivity (Wildman–Crippen MR) is 84.5 cm³/mol. The standard InChI is InChI=1S/C16H21N3O3/c1-11-7-8-19(18-11)12(2)9-16(20)17-13-5-6-14(21-3)15(10-13)22-4/h5-8,10,12H,9H2,1-4H3,(H,17,20)/t12-/m1/s1. The van der Waals surface area contributed by atoms with Gasteiger partial charge in [0, 0.05) is 24.4 Å². The largest absolute Gasteiger partial charge is 0.493 e. The van der Waals surface area contributed by atoms with Crippen LogP contribution in [0.15, 0.2) is 30.5 Å². The smallest absolute Gasteiger partial charge is 0.226 e. The predicted octanol–water partition coefficient (Wildman–Crippen LogP) is 2.80. The summed E-state index contributed by atoms with van der Waals surface area (Å²) in [6.45, 7) is 3.88. The maximum Gasteiger partial charge on any atom is 0.226 e. The Kier molecular flexibility index (Phi) is 5.04. The molecule has 1 aromatic heterocycles. The lowest BCUT2D eigenvalue weighted by molar-refractivity contribution is -0.116. The molecule has 1 aromatic carbocycles. The quantitative estimate of drug-likeness (QED) is 0.891. The van der Waals surface area contributed by atoms with Crippen molar-refractivity contribution in [1.82, 2.24) is 9.78 Å². The number of ether oxygens (including phenoxy) is 2. The van der Waals surface area contributed by atoms with Gasteiger partial charge in [0.25, 0.3) is 0 Å². The number of carbonyl (C=O) groups is 1. The number of nitrogens with zero attached hydrogens (tertiary/aromatic N) is 2. The molecule has 22 heavy (non-hydrogen) atoms. The van der Waals surface area contributed by atoms with Crippen LogP contribution in [0.3, 0.4) is 0 Å². The average molecular weight is 303 g/mol. The zero-order valence-corrected chi connectivity index (χ0v) is 13.3. The van der Waals surface area contributed by atoms with Crippen molar-refractivity contribution in [3.05, 3.63) is 36.2 Å². The van der Waals surface area contributed by atoms with Gasteiger partial charge in [0.15, 0.2) is 11.5 Å². The Balaban J connectivity index is 2.00. The van der Waals surface area contributed by atoms with Gasteiger partial charge in [-0.2, -0.15) is 5.10 Å². The summed E-state index contributed by atoms with van der Waals surface area (Å²) >= 11 is 0. The van der Waals surface area contributed by atoms with Crippen LogP contribution in [0.25, 0.3) is 0 Å². The van der Waals surface area contributed by atoms with Crippen LogP contribution in [0, 0.1) is 6.92 Å². The SMILES string of the molecule is COc1ccc(NC(=O)C[C@@H](C)n2ccc(C)n2)cc1OC. The zero-order valence-electron chi connectivity index (χ0n) is 13.3. The van der Waals surface area contributed by atoms with Crippen molar-refractivity contribution < 1.29 is 14.3 Å². The molecule has 0 spiro atoms. The maximum atomic E-state index is 12.1. The third kappa shape index (κ3) is 3.78. The molecule has 1 heterocycles. The average Bonchev–Trinajstić information content (AvgIpc) is 2.93. The molecule has 2 rings (SSSR count). The first-order chi connectivity index (χ1) is 10.5. The van der Waals surface area contributed by atoms with Crippen molar-refractivity contribution in [2.45, 2.75) is 26.3 Å². The minimum Gasteiger partial charge on any atom is -0.493 e. The van der Waals surface area contributed by atoms with Crippen molar-refractivity contribution in [3.8, 4) is 11.5 Å². The summed E-state index contributed by atoms with van der Waals surface area (Å²) in [4.78, 5) is 12.1. The number of carbonyl (C=O) groups excluding carboxylic acids is 1. The van der Waals surface area contributed by atoms with Gasteiger partial charge >= 0.3 is 0 Å². The van der Waals surface area contributed by atoms with Crippen LogP contribution in [0.2, 0.25) is 0 Å². The highest BCUT2D eigenvalue weighted by molar-refractivity contribution is 5.91. The Morgan fingerprint density at radius 2 is 2.00 bits per heavy atom. The molecule has 0 saturated heterocycles. The maximum absolute atomic E-state index is 12.1. The number of methoxy groups -OCH3 is 2. The number of hydrogen-bond donors (Lipinski definition) is 1. The first-order valence-electron chi connectivity index (χ1n) is 7.07. The lowest BCUT2D eigenvalue weighted by Crippen LogP contribution is -2.18. The minimum atomic E-state index is -0.0760. The van der Waals surface area contributed by atoms with Crippen LogP contribution in [0.5, 0.6) is 11.5 Å². The van der Waals surface area contributed by atoms with E-state index in [1.54, 1.807) is 37.1 Å². The topological polar surface area (TPSA) is 65.4 Å². The fourth-order valence-electron chi connectivity index (χ4n) is 2.17. The number of aromatic nitrogens is 2. The second kappa shape index (κ2) is 6.98. The Bertz CT molecular complexity index is 652. The highest BCUT2D eigenvalue weighted by Gasteiger charge is 2.13. The lowest BCUT2D eigenvalue weighted by atomic mass is 10.2. The summed E-state index contributed by atoms with van der Waals surface area (Å²) in [6.07, 6.45) is 2.22. The molecule has 0 aliphatic carbocycles. The van der Waals surface area contributed by atoms with E-state index >= 15 is 0 Å². The van der Waals surface area contributed by atoms with Crippen molar-refractivity contribution in [3.63, 3.8) is 0 Å². The van der Waals surface area contributed by atoms with Crippen LogP contribution < -0.4 is 14.8 Å². The van der Waals surface area contributed by atoms with E-state index in [-0.39, 0.29) is 11.9 Å². The van der Waals surface area contributed by atoms with Gasteiger partial charge in [-0.25, -0.2) is 0 Å².